The number of amides is 1. The van der Waals surface area contributed by atoms with E-state index in [1.54, 1.807) is 43.5 Å². The Hall–Kier alpha value is -4.28. The zero-order valence-electron chi connectivity index (χ0n) is 20.5. The van der Waals surface area contributed by atoms with Crippen LogP contribution in [0.1, 0.15) is 18.1 Å². The molecule has 4 rings (SSSR count). The van der Waals surface area contributed by atoms with Crippen LogP contribution in [0.3, 0.4) is 0 Å². The molecule has 186 valence electrons. The number of hydrogen-bond acceptors (Lipinski definition) is 5. The molecular weight excluding hydrogens is 532 g/mol. The molecule has 0 unspecified atom stereocenters. The van der Waals surface area contributed by atoms with Crippen LogP contribution in [0.4, 0.5) is 5.69 Å². The maximum Gasteiger partial charge on any atom is 0.266 e. The fourth-order valence-corrected chi connectivity index (χ4v) is 4.37. The monoisotopic (exact) mass is 556 g/mol. The number of nitrogens with one attached hydrogen (secondary N) is 1. The van der Waals surface area contributed by atoms with Crippen LogP contribution in [0.2, 0.25) is 0 Å². The SMILES string of the molecule is CCOc1cccc(NC(=O)/C(C#N)=C\c2cc(Br)c(OCc3ccc4ccccc4c3)c(OC)c2)c1. The first-order valence-electron chi connectivity index (χ1n) is 11.6. The molecular formula is C30H25BrN2O4. The number of ether oxygens (including phenoxy) is 3. The van der Waals surface area contributed by atoms with E-state index in [1.165, 1.54) is 11.5 Å². The molecule has 37 heavy (non-hydrogen) atoms. The molecule has 4 aromatic rings. The van der Waals surface area contributed by atoms with Gasteiger partial charge in [0.25, 0.3) is 5.91 Å². The minimum absolute atomic E-state index is 0.0550. The van der Waals surface area contributed by atoms with Crippen molar-refractivity contribution < 1.29 is 19.0 Å². The minimum atomic E-state index is -0.525. The molecule has 0 aliphatic carbocycles. The molecule has 6 nitrogen and oxygen atoms in total. The number of methoxy groups -OCH3 is 1. The Morgan fingerprint density at radius 2 is 1.81 bits per heavy atom. The van der Waals surface area contributed by atoms with Crippen LogP contribution >= 0.6 is 15.9 Å². The van der Waals surface area contributed by atoms with Crippen molar-refractivity contribution in [2.24, 2.45) is 0 Å². The summed E-state index contributed by atoms with van der Waals surface area (Å²) in [7, 11) is 1.54. The summed E-state index contributed by atoms with van der Waals surface area (Å²) in [6, 6.07) is 26.8. The van der Waals surface area contributed by atoms with Crippen LogP contribution in [0, 0.1) is 11.3 Å². The highest BCUT2D eigenvalue weighted by atomic mass is 79.9. The Labute approximate surface area is 224 Å². The van der Waals surface area contributed by atoms with E-state index in [1.807, 2.05) is 31.2 Å². The van der Waals surface area contributed by atoms with E-state index in [0.717, 1.165) is 10.9 Å². The Balaban J connectivity index is 1.52. The van der Waals surface area contributed by atoms with E-state index < -0.39 is 5.91 Å². The van der Waals surface area contributed by atoms with Crippen molar-refractivity contribution in [3.63, 3.8) is 0 Å². The van der Waals surface area contributed by atoms with E-state index in [4.69, 9.17) is 14.2 Å². The van der Waals surface area contributed by atoms with Gasteiger partial charge in [-0.15, -0.1) is 0 Å². The second kappa shape index (κ2) is 12.1. The van der Waals surface area contributed by atoms with Crippen molar-refractivity contribution in [1.29, 1.82) is 5.26 Å². The summed E-state index contributed by atoms with van der Waals surface area (Å²) in [4.78, 5) is 12.8. The lowest BCUT2D eigenvalue weighted by Gasteiger charge is -2.14. The number of fused-ring (bicyclic) bond motifs is 1. The molecule has 7 heteroatoms. The Morgan fingerprint density at radius 1 is 1.00 bits per heavy atom. The summed E-state index contributed by atoms with van der Waals surface area (Å²) in [5.74, 6) is 1.12. The summed E-state index contributed by atoms with van der Waals surface area (Å²) in [5, 5.41) is 14.7. The molecule has 0 heterocycles. The average molecular weight is 557 g/mol. The predicted octanol–water partition coefficient (Wildman–Crippen LogP) is 7.13. The summed E-state index contributed by atoms with van der Waals surface area (Å²) >= 11 is 3.55. The highest BCUT2D eigenvalue weighted by Gasteiger charge is 2.15. The van der Waals surface area contributed by atoms with Crippen LogP contribution in [-0.2, 0) is 11.4 Å². The maximum atomic E-state index is 12.8. The van der Waals surface area contributed by atoms with Crippen LogP contribution < -0.4 is 19.5 Å². The van der Waals surface area contributed by atoms with Gasteiger partial charge in [-0.2, -0.15) is 5.26 Å². The van der Waals surface area contributed by atoms with Gasteiger partial charge in [0.1, 0.15) is 24.0 Å². The fourth-order valence-electron chi connectivity index (χ4n) is 3.79. The zero-order valence-corrected chi connectivity index (χ0v) is 22.0. The Kier molecular flexibility index (Phi) is 8.44. The Bertz CT molecular complexity index is 1510. The third kappa shape index (κ3) is 6.49. The summed E-state index contributed by atoms with van der Waals surface area (Å²) in [6.45, 7) is 2.75. The van der Waals surface area contributed by atoms with Gasteiger partial charge in [0, 0.05) is 11.8 Å². The van der Waals surface area contributed by atoms with Crippen LogP contribution in [0.25, 0.3) is 16.8 Å². The van der Waals surface area contributed by atoms with Crippen molar-refractivity contribution >= 4 is 44.4 Å². The molecule has 0 radical (unpaired) electrons. The first-order valence-corrected chi connectivity index (χ1v) is 12.4. The zero-order chi connectivity index (χ0) is 26.2. The molecule has 0 aliphatic heterocycles. The van der Waals surface area contributed by atoms with E-state index in [0.29, 0.717) is 46.2 Å². The van der Waals surface area contributed by atoms with Gasteiger partial charge in [0.05, 0.1) is 18.2 Å². The van der Waals surface area contributed by atoms with E-state index in [-0.39, 0.29) is 5.57 Å². The lowest BCUT2D eigenvalue weighted by molar-refractivity contribution is -0.112. The van der Waals surface area contributed by atoms with Gasteiger partial charge in [-0.25, -0.2) is 0 Å². The van der Waals surface area contributed by atoms with Crippen LogP contribution in [0.15, 0.2) is 88.9 Å². The van der Waals surface area contributed by atoms with Gasteiger partial charge in [0.15, 0.2) is 11.5 Å². The number of rotatable bonds is 9. The maximum absolute atomic E-state index is 12.8. The number of carbonyl (C=O) groups is 1. The highest BCUT2D eigenvalue weighted by molar-refractivity contribution is 9.10. The van der Waals surface area contributed by atoms with Gasteiger partial charge >= 0.3 is 0 Å². The van der Waals surface area contributed by atoms with Crippen molar-refractivity contribution in [2.45, 2.75) is 13.5 Å². The lowest BCUT2D eigenvalue weighted by Crippen LogP contribution is -2.13. The smallest absolute Gasteiger partial charge is 0.266 e. The number of halogens is 1. The van der Waals surface area contributed by atoms with Crippen LogP contribution in [0.5, 0.6) is 17.2 Å². The second-order valence-electron chi connectivity index (χ2n) is 8.09. The molecule has 0 fully saturated rings. The van der Waals surface area contributed by atoms with Crippen LogP contribution in [-0.4, -0.2) is 19.6 Å². The minimum Gasteiger partial charge on any atom is -0.494 e. The van der Waals surface area contributed by atoms with E-state index >= 15 is 0 Å². The van der Waals surface area contributed by atoms with Crippen molar-refractivity contribution in [2.75, 3.05) is 19.0 Å². The third-order valence-corrected chi connectivity index (χ3v) is 6.12. The van der Waals surface area contributed by atoms with Gasteiger partial charge in [0.2, 0.25) is 0 Å². The molecule has 0 aromatic heterocycles. The normalized spacial score (nSPS) is 11.0. The topological polar surface area (TPSA) is 80.6 Å². The molecule has 1 amide bonds. The molecule has 4 aromatic carbocycles. The molecule has 0 saturated heterocycles. The van der Waals surface area contributed by atoms with Gasteiger partial charge in [-0.3, -0.25) is 4.79 Å². The molecule has 0 aliphatic rings. The molecule has 1 N–H and O–H groups in total. The largest absolute Gasteiger partial charge is 0.494 e. The second-order valence-corrected chi connectivity index (χ2v) is 8.94. The van der Waals surface area contributed by atoms with E-state index in [9.17, 15) is 10.1 Å². The number of carbonyl (C=O) groups excluding carboxylic acids is 1. The van der Waals surface area contributed by atoms with E-state index in [2.05, 4.69) is 45.5 Å². The molecule has 0 atom stereocenters. The Morgan fingerprint density at radius 3 is 2.57 bits per heavy atom. The molecule has 0 saturated carbocycles. The molecule has 0 spiro atoms. The van der Waals surface area contributed by atoms with Crippen molar-refractivity contribution in [3.8, 4) is 23.3 Å². The molecule has 0 bridgehead atoms. The summed E-state index contributed by atoms with van der Waals surface area (Å²) < 4.78 is 17.7. The number of nitriles is 1. The summed E-state index contributed by atoms with van der Waals surface area (Å²) in [6.07, 6.45) is 1.50. The average Bonchev–Trinajstić information content (AvgIpc) is 2.91. The number of hydrogen-bond donors (Lipinski definition) is 1. The third-order valence-electron chi connectivity index (χ3n) is 5.53. The van der Waals surface area contributed by atoms with Crippen molar-refractivity contribution in [1.82, 2.24) is 0 Å². The summed E-state index contributed by atoms with van der Waals surface area (Å²) in [5.41, 5.74) is 2.11. The first kappa shape index (κ1) is 25.8. The fraction of sp³-hybridized carbons (Fsp3) is 0.133. The lowest BCUT2D eigenvalue weighted by atomic mass is 10.1. The van der Waals surface area contributed by atoms with Gasteiger partial charge in [-0.1, -0.05) is 42.5 Å². The highest BCUT2D eigenvalue weighted by Crippen LogP contribution is 2.38. The predicted molar refractivity (Wildman–Crippen MR) is 149 cm³/mol. The first-order chi connectivity index (χ1) is 18.0. The number of nitrogens with zero attached hydrogens (tertiary/aromatic N) is 1. The van der Waals surface area contributed by atoms with Gasteiger partial charge in [-0.05, 0) is 81.2 Å². The quantitative estimate of drug-likeness (QED) is 0.175. The number of anilines is 1. The van der Waals surface area contributed by atoms with Crippen molar-refractivity contribution in [3.05, 3.63) is 100 Å². The number of benzene rings is 4. The standard InChI is InChI=1S/C30H25BrN2O4/c1-3-36-26-10-6-9-25(17-26)33-30(34)24(18-32)14-21-15-27(31)29(28(16-21)35-2)37-19-20-11-12-22-7-4-5-8-23(22)13-20/h4-17H,3,19H2,1-2H3,(H,33,34)/b24-14-. The van der Waals surface area contributed by atoms with Gasteiger partial charge < -0.3 is 19.5 Å².